The summed E-state index contributed by atoms with van der Waals surface area (Å²) in [5.74, 6) is 3.08. The minimum atomic E-state index is 0.546. The molecule has 3 nitrogen and oxygen atoms in total. The van der Waals surface area contributed by atoms with Crippen LogP contribution in [0, 0.1) is 11.8 Å². The Balaban J connectivity index is 1.87. The summed E-state index contributed by atoms with van der Waals surface area (Å²) in [6, 6.07) is 1.73. The summed E-state index contributed by atoms with van der Waals surface area (Å²) in [6.45, 7) is 3.27. The van der Waals surface area contributed by atoms with E-state index in [0.29, 0.717) is 21.7 Å². The molecule has 5 heteroatoms. The van der Waals surface area contributed by atoms with Crippen LogP contribution in [0.5, 0.6) is 0 Å². The zero-order chi connectivity index (χ0) is 14.5. The Morgan fingerprint density at radius 2 is 2.00 bits per heavy atom. The number of aromatic nitrogens is 1. The SMILES string of the molecule is CNc1nc(NCCC2CCCC(C)C2)c(Cl)cc1Cl. The number of hydrogen-bond acceptors (Lipinski definition) is 3. The molecule has 2 unspecified atom stereocenters. The third-order valence-corrected chi connectivity index (χ3v) is 4.63. The number of nitrogens with one attached hydrogen (secondary N) is 2. The molecule has 1 heterocycles. The first-order chi connectivity index (χ1) is 9.60. The maximum absolute atomic E-state index is 6.17. The molecule has 1 aliphatic carbocycles. The van der Waals surface area contributed by atoms with Gasteiger partial charge in [0.1, 0.15) is 11.6 Å². The van der Waals surface area contributed by atoms with Crippen LogP contribution in [0.25, 0.3) is 0 Å². The van der Waals surface area contributed by atoms with Crippen molar-refractivity contribution in [2.24, 2.45) is 11.8 Å². The molecular weight excluding hydrogens is 293 g/mol. The lowest BCUT2D eigenvalue weighted by Gasteiger charge is -2.26. The van der Waals surface area contributed by atoms with Gasteiger partial charge in [0.2, 0.25) is 0 Å². The van der Waals surface area contributed by atoms with Crippen LogP contribution in [-0.2, 0) is 0 Å². The van der Waals surface area contributed by atoms with Gasteiger partial charge >= 0.3 is 0 Å². The van der Waals surface area contributed by atoms with Gasteiger partial charge in [0.25, 0.3) is 0 Å². The number of hydrogen-bond donors (Lipinski definition) is 2. The Hall–Kier alpha value is -0.670. The standard InChI is InChI=1S/C15H23Cl2N3/c1-10-4-3-5-11(8-10)6-7-19-15-13(17)9-12(16)14(18-2)20-15/h9-11H,3-8H2,1-2H3,(H2,18,19,20). The zero-order valence-corrected chi connectivity index (χ0v) is 13.7. The van der Waals surface area contributed by atoms with Crippen molar-refractivity contribution in [3.05, 3.63) is 16.1 Å². The molecule has 0 bridgehead atoms. The fourth-order valence-corrected chi connectivity index (χ4v) is 3.50. The molecule has 2 atom stereocenters. The van der Waals surface area contributed by atoms with Crippen LogP contribution < -0.4 is 10.6 Å². The van der Waals surface area contributed by atoms with Crippen LogP contribution in [0.3, 0.4) is 0 Å². The average Bonchev–Trinajstić information content (AvgIpc) is 2.41. The fourth-order valence-electron chi connectivity index (χ4n) is 2.98. The van der Waals surface area contributed by atoms with Gasteiger partial charge in [-0.2, -0.15) is 0 Å². The van der Waals surface area contributed by atoms with Crippen molar-refractivity contribution >= 4 is 34.8 Å². The quantitative estimate of drug-likeness (QED) is 0.797. The van der Waals surface area contributed by atoms with E-state index >= 15 is 0 Å². The minimum Gasteiger partial charge on any atom is -0.372 e. The largest absolute Gasteiger partial charge is 0.372 e. The third-order valence-electron chi connectivity index (χ3n) is 4.06. The Kier molecular flexibility index (Phi) is 5.79. The van der Waals surface area contributed by atoms with E-state index in [2.05, 4.69) is 22.5 Å². The summed E-state index contributed by atoms with van der Waals surface area (Å²) in [6.07, 6.45) is 6.65. The second kappa shape index (κ2) is 7.37. The maximum atomic E-state index is 6.17. The molecule has 20 heavy (non-hydrogen) atoms. The first-order valence-electron chi connectivity index (χ1n) is 7.37. The lowest BCUT2D eigenvalue weighted by molar-refractivity contribution is 0.274. The van der Waals surface area contributed by atoms with Gasteiger partial charge in [0.15, 0.2) is 0 Å². The van der Waals surface area contributed by atoms with E-state index in [1.165, 1.54) is 32.1 Å². The van der Waals surface area contributed by atoms with Gasteiger partial charge in [-0.15, -0.1) is 0 Å². The molecular formula is C15H23Cl2N3. The monoisotopic (exact) mass is 315 g/mol. The van der Waals surface area contributed by atoms with Crippen molar-refractivity contribution in [3.63, 3.8) is 0 Å². The number of anilines is 2. The average molecular weight is 316 g/mol. The van der Waals surface area contributed by atoms with Crippen LogP contribution in [-0.4, -0.2) is 18.6 Å². The number of nitrogens with zero attached hydrogens (tertiary/aromatic N) is 1. The van der Waals surface area contributed by atoms with Crippen LogP contribution in [0.1, 0.15) is 39.0 Å². The van der Waals surface area contributed by atoms with Gasteiger partial charge in [0, 0.05) is 13.6 Å². The Bertz CT molecular complexity index is 451. The van der Waals surface area contributed by atoms with Crippen LogP contribution >= 0.6 is 23.2 Å². The fraction of sp³-hybridized carbons (Fsp3) is 0.667. The first kappa shape index (κ1) is 15.7. The van der Waals surface area contributed by atoms with Gasteiger partial charge in [-0.25, -0.2) is 4.98 Å². The van der Waals surface area contributed by atoms with Gasteiger partial charge in [-0.05, 0) is 30.7 Å². The third kappa shape index (κ3) is 4.16. The lowest BCUT2D eigenvalue weighted by Crippen LogP contribution is -2.17. The molecule has 112 valence electrons. The zero-order valence-electron chi connectivity index (χ0n) is 12.2. The van der Waals surface area contributed by atoms with E-state index in [-0.39, 0.29) is 0 Å². The highest BCUT2D eigenvalue weighted by atomic mass is 35.5. The summed E-state index contributed by atoms with van der Waals surface area (Å²) in [5, 5.41) is 7.42. The summed E-state index contributed by atoms with van der Waals surface area (Å²) < 4.78 is 0. The first-order valence-corrected chi connectivity index (χ1v) is 8.13. The van der Waals surface area contributed by atoms with Crippen LogP contribution in [0.4, 0.5) is 11.6 Å². The van der Waals surface area contributed by atoms with E-state index in [1.54, 1.807) is 13.1 Å². The van der Waals surface area contributed by atoms with Gasteiger partial charge in [0.05, 0.1) is 10.0 Å². The molecule has 1 aromatic heterocycles. The molecule has 0 radical (unpaired) electrons. The molecule has 0 amide bonds. The topological polar surface area (TPSA) is 37.0 Å². The second-order valence-corrected chi connectivity index (χ2v) is 6.57. The number of rotatable bonds is 5. The normalized spacial score (nSPS) is 22.6. The van der Waals surface area contributed by atoms with Crippen molar-refractivity contribution in [3.8, 4) is 0 Å². The van der Waals surface area contributed by atoms with Crippen molar-refractivity contribution < 1.29 is 0 Å². The molecule has 0 aromatic carbocycles. The second-order valence-electron chi connectivity index (χ2n) is 5.75. The molecule has 2 N–H and O–H groups in total. The van der Waals surface area contributed by atoms with Crippen LogP contribution in [0.2, 0.25) is 10.0 Å². The Morgan fingerprint density at radius 1 is 1.25 bits per heavy atom. The van der Waals surface area contributed by atoms with Crippen molar-refractivity contribution in [2.45, 2.75) is 39.0 Å². The Labute approximate surface area is 131 Å². The summed E-state index contributed by atoms with van der Waals surface area (Å²) >= 11 is 12.2. The highest BCUT2D eigenvalue weighted by molar-refractivity contribution is 6.37. The minimum absolute atomic E-state index is 0.546. The molecule has 1 aromatic rings. The van der Waals surface area contributed by atoms with E-state index < -0.39 is 0 Å². The highest BCUT2D eigenvalue weighted by Gasteiger charge is 2.18. The molecule has 1 fully saturated rings. The summed E-state index contributed by atoms with van der Waals surface area (Å²) in [5.41, 5.74) is 0. The molecule has 1 saturated carbocycles. The van der Waals surface area contributed by atoms with Crippen molar-refractivity contribution in [2.75, 3.05) is 24.2 Å². The predicted octanol–water partition coefficient (Wildman–Crippen LogP) is 5.06. The molecule has 0 aliphatic heterocycles. The smallest absolute Gasteiger partial charge is 0.147 e. The number of pyridine rings is 1. The molecule has 1 aliphatic rings. The van der Waals surface area contributed by atoms with Gasteiger partial charge in [-0.1, -0.05) is 49.4 Å². The molecule has 0 saturated heterocycles. The number of halogens is 2. The predicted molar refractivity (Wildman–Crippen MR) is 88.0 cm³/mol. The van der Waals surface area contributed by atoms with E-state index in [9.17, 15) is 0 Å². The van der Waals surface area contributed by atoms with Crippen molar-refractivity contribution in [1.82, 2.24) is 4.98 Å². The van der Waals surface area contributed by atoms with E-state index in [1.807, 2.05) is 0 Å². The molecule has 0 spiro atoms. The van der Waals surface area contributed by atoms with E-state index in [0.717, 1.165) is 18.4 Å². The highest BCUT2D eigenvalue weighted by Crippen LogP contribution is 2.32. The van der Waals surface area contributed by atoms with E-state index in [4.69, 9.17) is 23.2 Å². The Morgan fingerprint density at radius 3 is 2.70 bits per heavy atom. The van der Waals surface area contributed by atoms with Crippen LogP contribution in [0.15, 0.2) is 6.07 Å². The summed E-state index contributed by atoms with van der Waals surface area (Å²) in [7, 11) is 1.80. The van der Waals surface area contributed by atoms with Crippen molar-refractivity contribution in [1.29, 1.82) is 0 Å². The molecule has 2 rings (SSSR count). The lowest BCUT2D eigenvalue weighted by atomic mass is 9.81. The van der Waals surface area contributed by atoms with Gasteiger partial charge in [-0.3, -0.25) is 0 Å². The maximum Gasteiger partial charge on any atom is 0.147 e. The summed E-state index contributed by atoms with van der Waals surface area (Å²) in [4.78, 5) is 4.40. The van der Waals surface area contributed by atoms with Gasteiger partial charge < -0.3 is 10.6 Å².